The number of hydrogen-bond acceptors (Lipinski definition) is 1. The Balaban J connectivity index is 2.04. The molecule has 0 atom stereocenters. The molecule has 88 valence electrons. The third-order valence-corrected chi connectivity index (χ3v) is 2.91. The number of para-hydroxylation sites is 1. The van der Waals surface area contributed by atoms with Gasteiger partial charge in [0.1, 0.15) is 12.4 Å². The van der Waals surface area contributed by atoms with Gasteiger partial charge < -0.3 is 4.74 Å². The van der Waals surface area contributed by atoms with Crippen molar-refractivity contribution in [3.05, 3.63) is 64.7 Å². The zero-order chi connectivity index (χ0) is 12.1. The summed E-state index contributed by atoms with van der Waals surface area (Å²) in [5, 5.41) is 0.753. The maximum Gasteiger partial charge on any atom is 0.122 e. The average Bonchev–Trinajstić information content (AvgIpc) is 2.38. The van der Waals surface area contributed by atoms with E-state index in [1.165, 1.54) is 5.56 Å². The highest BCUT2D eigenvalue weighted by Crippen LogP contribution is 2.20. The van der Waals surface area contributed by atoms with Gasteiger partial charge in [-0.05, 0) is 35.7 Å². The highest BCUT2D eigenvalue weighted by Gasteiger charge is 2.01. The van der Waals surface area contributed by atoms with E-state index in [1.807, 2.05) is 42.5 Å². The highest BCUT2D eigenvalue weighted by molar-refractivity contribution is 6.30. The predicted molar refractivity (Wildman–Crippen MR) is 71.6 cm³/mol. The van der Waals surface area contributed by atoms with Crippen LogP contribution in [0.15, 0.2) is 48.5 Å². The first-order valence-corrected chi connectivity index (χ1v) is 6.12. The van der Waals surface area contributed by atoms with Gasteiger partial charge in [0.15, 0.2) is 0 Å². The zero-order valence-corrected chi connectivity index (χ0v) is 10.6. The molecule has 0 heterocycles. The fourth-order valence-electron chi connectivity index (χ4n) is 1.68. The first-order valence-electron chi connectivity index (χ1n) is 5.74. The second-order valence-electron chi connectivity index (χ2n) is 3.88. The molecule has 0 N–H and O–H groups in total. The van der Waals surface area contributed by atoms with Gasteiger partial charge in [-0.25, -0.2) is 0 Å². The molecule has 0 radical (unpaired) electrons. The fourth-order valence-corrected chi connectivity index (χ4v) is 1.80. The molecule has 2 aromatic rings. The molecule has 0 aliphatic rings. The normalized spacial score (nSPS) is 10.2. The number of benzene rings is 2. The smallest absolute Gasteiger partial charge is 0.122 e. The molecule has 17 heavy (non-hydrogen) atoms. The van der Waals surface area contributed by atoms with E-state index in [0.717, 1.165) is 22.8 Å². The van der Waals surface area contributed by atoms with Crippen molar-refractivity contribution in [2.24, 2.45) is 0 Å². The van der Waals surface area contributed by atoms with Crippen LogP contribution in [0.4, 0.5) is 0 Å². The van der Waals surface area contributed by atoms with Gasteiger partial charge in [0, 0.05) is 5.02 Å². The van der Waals surface area contributed by atoms with E-state index in [-0.39, 0.29) is 0 Å². The molecule has 0 amide bonds. The van der Waals surface area contributed by atoms with Gasteiger partial charge in [0.2, 0.25) is 0 Å². The van der Waals surface area contributed by atoms with Gasteiger partial charge >= 0.3 is 0 Å². The summed E-state index contributed by atoms with van der Waals surface area (Å²) in [6.45, 7) is 2.71. The molecule has 0 aliphatic carbocycles. The summed E-state index contributed by atoms with van der Waals surface area (Å²) < 4.78 is 5.81. The first kappa shape index (κ1) is 12.0. The van der Waals surface area contributed by atoms with Crippen molar-refractivity contribution in [3.63, 3.8) is 0 Å². The molecule has 0 aliphatic heterocycles. The molecule has 0 bridgehead atoms. The number of aryl methyl sites for hydroxylation is 1. The van der Waals surface area contributed by atoms with Gasteiger partial charge in [0.05, 0.1) is 0 Å². The molecule has 0 aromatic heterocycles. The van der Waals surface area contributed by atoms with Crippen LogP contribution in [0.2, 0.25) is 5.02 Å². The van der Waals surface area contributed by atoms with E-state index in [1.54, 1.807) is 0 Å². The van der Waals surface area contributed by atoms with Crippen LogP contribution in [0.25, 0.3) is 0 Å². The van der Waals surface area contributed by atoms with Crippen LogP contribution in [-0.2, 0) is 13.0 Å². The summed E-state index contributed by atoms with van der Waals surface area (Å²) in [5.41, 5.74) is 2.36. The third-order valence-electron chi connectivity index (χ3n) is 2.66. The van der Waals surface area contributed by atoms with Crippen LogP contribution in [0.3, 0.4) is 0 Å². The maximum atomic E-state index is 5.84. The predicted octanol–water partition coefficient (Wildman–Crippen LogP) is 4.48. The quantitative estimate of drug-likeness (QED) is 0.773. The van der Waals surface area contributed by atoms with Crippen molar-refractivity contribution >= 4 is 11.6 Å². The Hall–Kier alpha value is -1.47. The lowest BCUT2D eigenvalue weighted by atomic mass is 10.1. The van der Waals surface area contributed by atoms with Crippen LogP contribution in [-0.4, -0.2) is 0 Å². The standard InChI is InChI=1S/C15H15ClO/c1-2-13-5-3-4-6-15(13)17-11-12-7-9-14(16)10-8-12/h3-10H,2,11H2,1H3. The molecule has 0 fully saturated rings. The molecule has 2 heteroatoms. The van der Waals surface area contributed by atoms with Crippen LogP contribution >= 0.6 is 11.6 Å². The number of rotatable bonds is 4. The minimum atomic E-state index is 0.578. The van der Waals surface area contributed by atoms with Crippen LogP contribution in [0.5, 0.6) is 5.75 Å². The Morgan fingerprint density at radius 2 is 1.71 bits per heavy atom. The molecule has 0 saturated heterocycles. The Morgan fingerprint density at radius 3 is 2.41 bits per heavy atom. The molecular formula is C15H15ClO. The van der Waals surface area contributed by atoms with Gasteiger partial charge in [-0.3, -0.25) is 0 Å². The summed E-state index contributed by atoms with van der Waals surface area (Å²) in [6.07, 6.45) is 0.983. The lowest BCUT2D eigenvalue weighted by Gasteiger charge is -2.10. The molecule has 2 rings (SSSR count). The fraction of sp³-hybridized carbons (Fsp3) is 0.200. The van der Waals surface area contributed by atoms with E-state index < -0.39 is 0 Å². The lowest BCUT2D eigenvalue weighted by molar-refractivity contribution is 0.303. The molecule has 0 spiro atoms. The van der Waals surface area contributed by atoms with Gasteiger partial charge in [-0.1, -0.05) is 48.9 Å². The van der Waals surface area contributed by atoms with Gasteiger partial charge in [0.25, 0.3) is 0 Å². The lowest BCUT2D eigenvalue weighted by Crippen LogP contribution is -1.97. The van der Waals surface area contributed by atoms with E-state index in [9.17, 15) is 0 Å². The van der Waals surface area contributed by atoms with Crippen LogP contribution in [0.1, 0.15) is 18.1 Å². The summed E-state index contributed by atoms with van der Waals surface area (Å²) in [6, 6.07) is 15.9. The van der Waals surface area contributed by atoms with E-state index in [0.29, 0.717) is 6.61 Å². The van der Waals surface area contributed by atoms with Crippen molar-refractivity contribution in [3.8, 4) is 5.75 Å². The minimum absolute atomic E-state index is 0.578. The Kier molecular flexibility index (Phi) is 4.05. The van der Waals surface area contributed by atoms with Crippen molar-refractivity contribution in [1.82, 2.24) is 0 Å². The van der Waals surface area contributed by atoms with Gasteiger partial charge in [-0.15, -0.1) is 0 Å². The first-order chi connectivity index (χ1) is 8.29. The van der Waals surface area contributed by atoms with E-state index in [2.05, 4.69) is 13.0 Å². The third kappa shape index (κ3) is 3.24. The Morgan fingerprint density at radius 1 is 1.00 bits per heavy atom. The van der Waals surface area contributed by atoms with Crippen molar-refractivity contribution in [2.75, 3.05) is 0 Å². The van der Waals surface area contributed by atoms with Crippen LogP contribution in [0, 0.1) is 0 Å². The van der Waals surface area contributed by atoms with Crippen molar-refractivity contribution < 1.29 is 4.74 Å². The van der Waals surface area contributed by atoms with Crippen LogP contribution < -0.4 is 4.74 Å². The van der Waals surface area contributed by atoms with Crippen molar-refractivity contribution in [2.45, 2.75) is 20.0 Å². The highest BCUT2D eigenvalue weighted by atomic mass is 35.5. The maximum absolute atomic E-state index is 5.84. The molecular weight excluding hydrogens is 232 g/mol. The number of ether oxygens (including phenoxy) is 1. The van der Waals surface area contributed by atoms with E-state index in [4.69, 9.17) is 16.3 Å². The Bertz CT molecular complexity index is 477. The number of hydrogen-bond donors (Lipinski definition) is 0. The average molecular weight is 247 g/mol. The largest absolute Gasteiger partial charge is 0.489 e. The minimum Gasteiger partial charge on any atom is -0.489 e. The van der Waals surface area contributed by atoms with Gasteiger partial charge in [-0.2, -0.15) is 0 Å². The topological polar surface area (TPSA) is 9.23 Å². The van der Waals surface area contributed by atoms with Crippen molar-refractivity contribution in [1.29, 1.82) is 0 Å². The number of halogens is 1. The SMILES string of the molecule is CCc1ccccc1OCc1ccc(Cl)cc1. The molecule has 1 nitrogen and oxygen atoms in total. The summed E-state index contributed by atoms with van der Waals surface area (Å²) in [7, 11) is 0. The Labute approximate surface area is 107 Å². The zero-order valence-electron chi connectivity index (χ0n) is 9.82. The molecule has 0 saturated carbocycles. The summed E-state index contributed by atoms with van der Waals surface area (Å²) in [5.74, 6) is 0.963. The monoisotopic (exact) mass is 246 g/mol. The van der Waals surface area contributed by atoms with E-state index >= 15 is 0 Å². The second-order valence-corrected chi connectivity index (χ2v) is 4.31. The molecule has 0 unspecified atom stereocenters. The summed E-state index contributed by atoms with van der Waals surface area (Å²) >= 11 is 5.84. The summed E-state index contributed by atoms with van der Waals surface area (Å²) in [4.78, 5) is 0. The molecule has 2 aromatic carbocycles. The second kappa shape index (κ2) is 5.74.